The highest BCUT2D eigenvalue weighted by Crippen LogP contribution is 2.44. The van der Waals surface area contributed by atoms with E-state index in [9.17, 15) is 19.5 Å². The lowest BCUT2D eigenvalue weighted by Gasteiger charge is -2.42. The molecular weight excluding hydrogens is 444 g/mol. The minimum atomic E-state index is -1.03. The van der Waals surface area contributed by atoms with Gasteiger partial charge in [-0.2, -0.15) is 0 Å². The number of hydrogen-bond acceptors (Lipinski definition) is 4. The standard InChI is InChI=1S/C28H32N2O5/c31-25(32)19-9-8-16-30(17-19)26(33)28(14-6-1-7-15-28)29-27(34)35-18-24-22-12-4-2-10-20(22)21-11-3-5-13-23(21)24/h2-5,10-13,19,24H,1,6-9,14-18H2,(H,29,34)(H,31,32)/t19-/m1/s1. The van der Waals surface area contributed by atoms with Gasteiger partial charge in [0.1, 0.15) is 12.1 Å². The van der Waals surface area contributed by atoms with Crippen LogP contribution in [0, 0.1) is 5.92 Å². The lowest BCUT2D eigenvalue weighted by Crippen LogP contribution is -2.62. The van der Waals surface area contributed by atoms with Crippen molar-refractivity contribution in [2.75, 3.05) is 19.7 Å². The van der Waals surface area contributed by atoms with E-state index in [0.717, 1.165) is 41.5 Å². The van der Waals surface area contributed by atoms with E-state index in [0.29, 0.717) is 32.2 Å². The molecule has 0 radical (unpaired) electrons. The molecule has 1 saturated heterocycles. The number of hydrogen-bond donors (Lipinski definition) is 2. The summed E-state index contributed by atoms with van der Waals surface area (Å²) in [6.45, 7) is 0.911. The SMILES string of the molecule is O=C(NC1(C(=O)N2CCC[C@@H](C(=O)O)C2)CCCCC1)OCC1c2ccccc2-c2ccccc21. The molecule has 2 amide bonds. The summed E-state index contributed by atoms with van der Waals surface area (Å²) in [6.07, 6.45) is 4.43. The van der Waals surface area contributed by atoms with Gasteiger partial charge in [-0.15, -0.1) is 0 Å². The second-order valence-corrected chi connectivity index (χ2v) is 10.0. The van der Waals surface area contributed by atoms with Crippen molar-refractivity contribution in [3.63, 3.8) is 0 Å². The topological polar surface area (TPSA) is 95.9 Å². The molecule has 3 aliphatic rings. The van der Waals surface area contributed by atoms with Gasteiger partial charge in [0.25, 0.3) is 0 Å². The Kier molecular flexibility index (Phi) is 6.50. The minimum Gasteiger partial charge on any atom is -0.481 e. The van der Waals surface area contributed by atoms with Crippen LogP contribution < -0.4 is 5.32 Å². The molecular formula is C28H32N2O5. The van der Waals surface area contributed by atoms with E-state index < -0.39 is 23.5 Å². The smallest absolute Gasteiger partial charge is 0.408 e. The summed E-state index contributed by atoms with van der Waals surface area (Å²) in [6, 6.07) is 16.3. The normalized spacial score (nSPS) is 21.0. The summed E-state index contributed by atoms with van der Waals surface area (Å²) in [5.41, 5.74) is 3.57. The van der Waals surface area contributed by atoms with Crippen LogP contribution in [0.4, 0.5) is 4.79 Å². The molecule has 2 fully saturated rings. The first kappa shape index (κ1) is 23.4. The van der Waals surface area contributed by atoms with Crippen LogP contribution in [0.1, 0.15) is 62.0 Å². The Balaban J connectivity index is 1.29. The van der Waals surface area contributed by atoms with Crippen molar-refractivity contribution in [1.82, 2.24) is 10.2 Å². The maximum Gasteiger partial charge on any atom is 0.408 e. The van der Waals surface area contributed by atoms with Gasteiger partial charge in [-0.25, -0.2) is 4.79 Å². The first-order valence-electron chi connectivity index (χ1n) is 12.6. The average molecular weight is 477 g/mol. The van der Waals surface area contributed by atoms with Crippen molar-refractivity contribution in [2.24, 2.45) is 5.92 Å². The zero-order valence-corrected chi connectivity index (χ0v) is 19.9. The largest absolute Gasteiger partial charge is 0.481 e. The van der Waals surface area contributed by atoms with E-state index in [1.165, 1.54) is 0 Å². The number of likely N-dealkylation sites (tertiary alicyclic amines) is 1. The molecule has 2 aromatic carbocycles. The molecule has 1 saturated carbocycles. The molecule has 1 aliphatic heterocycles. The summed E-state index contributed by atoms with van der Waals surface area (Å²) in [7, 11) is 0. The van der Waals surface area contributed by atoms with E-state index in [1.807, 2.05) is 24.3 Å². The number of carboxylic acid groups (broad SMARTS) is 1. The number of rotatable bonds is 5. The second-order valence-electron chi connectivity index (χ2n) is 10.0. The Hall–Kier alpha value is -3.35. The molecule has 2 aliphatic carbocycles. The van der Waals surface area contributed by atoms with Gasteiger partial charge in [-0.1, -0.05) is 67.8 Å². The maximum absolute atomic E-state index is 13.6. The number of fused-ring (bicyclic) bond motifs is 3. The highest BCUT2D eigenvalue weighted by molar-refractivity contribution is 5.90. The van der Waals surface area contributed by atoms with E-state index in [-0.39, 0.29) is 25.0 Å². The van der Waals surface area contributed by atoms with Gasteiger partial charge >= 0.3 is 12.1 Å². The summed E-state index contributed by atoms with van der Waals surface area (Å²) in [5, 5.41) is 12.4. The Morgan fingerprint density at radius 3 is 2.20 bits per heavy atom. The monoisotopic (exact) mass is 476 g/mol. The molecule has 184 valence electrons. The van der Waals surface area contributed by atoms with Gasteiger partial charge in [0, 0.05) is 19.0 Å². The van der Waals surface area contributed by atoms with Crippen molar-refractivity contribution >= 4 is 18.0 Å². The third kappa shape index (κ3) is 4.51. The predicted octanol–water partition coefficient (Wildman–Crippen LogP) is 4.55. The van der Waals surface area contributed by atoms with Crippen LogP contribution >= 0.6 is 0 Å². The predicted molar refractivity (Wildman–Crippen MR) is 131 cm³/mol. The Morgan fingerprint density at radius 2 is 1.57 bits per heavy atom. The zero-order chi connectivity index (χ0) is 24.4. The molecule has 5 rings (SSSR count). The number of nitrogens with one attached hydrogen (secondary N) is 1. The molecule has 35 heavy (non-hydrogen) atoms. The van der Waals surface area contributed by atoms with Gasteiger partial charge in [0.05, 0.1) is 5.92 Å². The number of ether oxygens (including phenoxy) is 1. The summed E-state index contributed by atoms with van der Waals surface area (Å²) >= 11 is 0. The van der Waals surface area contributed by atoms with Crippen LogP contribution in [-0.4, -0.2) is 53.2 Å². The van der Waals surface area contributed by atoms with Crippen molar-refractivity contribution < 1.29 is 24.2 Å². The van der Waals surface area contributed by atoms with Gasteiger partial charge in [-0.3, -0.25) is 9.59 Å². The number of carbonyl (C=O) groups excluding carboxylic acids is 2. The van der Waals surface area contributed by atoms with Crippen molar-refractivity contribution in [3.8, 4) is 11.1 Å². The molecule has 0 unspecified atom stereocenters. The van der Waals surface area contributed by atoms with Crippen LogP contribution in [-0.2, 0) is 14.3 Å². The quantitative estimate of drug-likeness (QED) is 0.660. The molecule has 1 atom stereocenters. The number of benzene rings is 2. The Morgan fingerprint density at radius 1 is 0.943 bits per heavy atom. The van der Waals surface area contributed by atoms with Gasteiger partial charge < -0.3 is 20.1 Å². The first-order valence-corrected chi connectivity index (χ1v) is 12.6. The fourth-order valence-corrected chi connectivity index (χ4v) is 6.04. The molecule has 7 heteroatoms. The fraction of sp³-hybridized carbons (Fsp3) is 0.464. The van der Waals surface area contributed by atoms with Crippen molar-refractivity contribution in [2.45, 2.75) is 56.4 Å². The second kappa shape index (κ2) is 9.72. The molecule has 7 nitrogen and oxygen atoms in total. The molecule has 0 aromatic heterocycles. The molecule has 0 bridgehead atoms. The molecule has 2 aromatic rings. The van der Waals surface area contributed by atoms with Gasteiger partial charge in [0.15, 0.2) is 0 Å². The van der Waals surface area contributed by atoms with Crippen molar-refractivity contribution in [1.29, 1.82) is 0 Å². The molecule has 1 heterocycles. The average Bonchev–Trinajstić information content (AvgIpc) is 3.21. The number of amides is 2. The van der Waals surface area contributed by atoms with E-state index in [4.69, 9.17) is 4.74 Å². The Bertz CT molecular complexity index is 1080. The summed E-state index contributed by atoms with van der Waals surface area (Å²) in [5.74, 6) is -1.64. The highest BCUT2D eigenvalue weighted by atomic mass is 16.5. The van der Waals surface area contributed by atoms with E-state index >= 15 is 0 Å². The van der Waals surface area contributed by atoms with Crippen LogP contribution in [0.5, 0.6) is 0 Å². The number of piperidine rings is 1. The maximum atomic E-state index is 13.6. The van der Waals surface area contributed by atoms with Gasteiger partial charge in [-0.05, 0) is 47.9 Å². The zero-order valence-electron chi connectivity index (χ0n) is 19.9. The number of alkyl carbamates (subject to hydrolysis) is 1. The minimum absolute atomic E-state index is 0.0513. The van der Waals surface area contributed by atoms with Crippen molar-refractivity contribution in [3.05, 3.63) is 59.7 Å². The summed E-state index contributed by atoms with van der Waals surface area (Å²) < 4.78 is 5.75. The van der Waals surface area contributed by atoms with E-state index in [1.54, 1.807) is 4.90 Å². The van der Waals surface area contributed by atoms with Crippen LogP contribution in [0.15, 0.2) is 48.5 Å². The van der Waals surface area contributed by atoms with Crippen LogP contribution in [0.3, 0.4) is 0 Å². The number of carboxylic acids is 1. The van der Waals surface area contributed by atoms with Crippen LogP contribution in [0.2, 0.25) is 0 Å². The number of carbonyl (C=O) groups is 3. The molecule has 2 N–H and O–H groups in total. The number of aliphatic carboxylic acids is 1. The first-order chi connectivity index (χ1) is 17.0. The lowest BCUT2D eigenvalue weighted by atomic mass is 9.80. The fourth-order valence-electron chi connectivity index (χ4n) is 6.04. The third-order valence-corrected chi connectivity index (χ3v) is 7.86. The summed E-state index contributed by atoms with van der Waals surface area (Å²) in [4.78, 5) is 39.8. The van der Waals surface area contributed by atoms with E-state index in [2.05, 4.69) is 29.6 Å². The third-order valence-electron chi connectivity index (χ3n) is 7.86. The molecule has 0 spiro atoms. The van der Waals surface area contributed by atoms with Crippen LogP contribution in [0.25, 0.3) is 11.1 Å². The lowest BCUT2D eigenvalue weighted by molar-refractivity contribution is -0.148. The van der Waals surface area contributed by atoms with Gasteiger partial charge in [0.2, 0.25) is 5.91 Å². The highest BCUT2D eigenvalue weighted by Gasteiger charge is 2.45. The Labute approximate surface area is 205 Å². The number of nitrogens with zero attached hydrogens (tertiary/aromatic N) is 1.